The van der Waals surface area contributed by atoms with E-state index in [1.54, 1.807) is 12.1 Å². The molecule has 1 unspecified atom stereocenters. The maximum Gasteiger partial charge on any atom is 0.254 e. The van der Waals surface area contributed by atoms with Crippen molar-refractivity contribution in [3.05, 3.63) is 29.8 Å². The summed E-state index contributed by atoms with van der Waals surface area (Å²) in [6, 6.07) is 7.69. The lowest BCUT2D eigenvalue weighted by Crippen LogP contribution is -2.37. The molecule has 0 aromatic heterocycles. The minimum Gasteiger partial charge on any atom is -0.399 e. The minimum atomic E-state index is 0.163. The fraction of sp³-hybridized carbons (Fsp3) is 0.588. The summed E-state index contributed by atoms with van der Waals surface area (Å²) >= 11 is 0. The molecule has 2 atom stereocenters. The number of nitrogen functional groups attached to an aromatic ring is 1. The van der Waals surface area contributed by atoms with E-state index >= 15 is 0 Å². The van der Waals surface area contributed by atoms with Gasteiger partial charge in [-0.2, -0.15) is 0 Å². The standard InChI is InChI=1S/C17H24N2O/c1-16(2)8-14-9-17(3,10-16)11-19(14)15(20)12-4-6-13(18)7-5-12/h4-7,14H,8-11,18H2,1-3H3/t14?,17-/m0/s1. The molecule has 0 spiro atoms. The quantitative estimate of drug-likeness (QED) is 0.797. The van der Waals surface area contributed by atoms with Gasteiger partial charge in [0.15, 0.2) is 0 Å². The highest BCUT2D eigenvalue weighted by Crippen LogP contribution is 2.52. The van der Waals surface area contributed by atoms with Gasteiger partial charge in [-0.3, -0.25) is 4.79 Å². The van der Waals surface area contributed by atoms with Crippen molar-refractivity contribution >= 4 is 11.6 Å². The topological polar surface area (TPSA) is 46.3 Å². The molecule has 1 aromatic rings. The molecule has 1 amide bonds. The molecule has 3 rings (SSSR count). The molecule has 2 bridgehead atoms. The zero-order chi connectivity index (χ0) is 14.5. The van der Waals surface area contributed by atoms with Gasteiger partial charge in [0.2, 0.25) is 0 Å². The molecule has 20 heavy (non-hydrogen) atoms. The lowest BCUT2D eigenvalue weighted by Gasteiger charge is -2.39. The van der Waals surface area contributed by atoms with Crippen LogP contribution in [-0.4, -0.2) is 23.4 Å². The van der Waals surface area contributed by atoms with Crippen LogP contribution in [0.5, 0.6) is 0 Å². The van der Waals surface area contributed by atoms with E-state index in [9.17, 15) is 4.79 Å². The molecule has 1 aliphatic heterocycles. The van der Waals surface area contributed by atoms with Gasteiger partial charge in [0, 0.05) is 23.8 Å². The van der Waals surface area contributed by atoms with Crippen LogP contribution in [0.4, 0.5) is 5.69 Å². The smallest absolute Gasteiger partial charge is 0.254 e. The first-order valence-corrected chi connectivity index (χ1v) is 7.45. The Morgan fingerprint density at radius 2 is 1.85 bits per heavy atom. The predicted molar refractivity (Wildman–Crippen MR) is 81.4 cm³/mol. The van der Waals surface area contributed by atoms with E-state index in [1.807, 2.05) is 12.1 Å². The van der Waals surface area contributed by atoms with Gasteiger partial charge in [-0.05, 0) is 54.4 Å². The molecule has 1 aromatic carbocycles. The lowest BCUT2D eigenvalue weighted by atomic mass is 9.65. The molecule has 1 saturated carbocycles. The normalized spacial score (nSPS) is 31.4. The molecule has 108 valence electrons. The van der Waals surface area contributed by atoms with E-state index < -0.39 is 0 Å². The van der Waals surface area contributed by atoms with Crippen LogP contribution in [0.2, 0.25) is 0 Å². The number of amides is 1. The summed E-state index contributed by atoms with van der Waals surface area (Å²) in [5.41, 5.74) is 7.79. The van der Waals surface area contributed by atoms with E-state index in [4.69, 9.17) is 5.73 Å². The molecule has 1 saturated heterocycles. The highest BCUT2D eigenvalue weighted by Gasteiger charge is 2.50. The van der Waals surface area contributed by atoms with Gasteiger partial charge in [0.25, 0.3) is 5.91 Å². The number of likely N-dealkylation sites (tertiary alicyclic amines) is 1. The third-order valence-corrected chi connectivity index (χ3v) is 4.83. The van der Waals surface area contributed by atoms with Crippen molar-refractivity contribution in [3.63, 3.8) is 0 Å². The minimum absolute atomic E-state index is 0.163. The second-order valence-electron chi connectivity index (χ2n) is 7.77. The Labute approximate surface area is 121 Å². The van der Waals surface area contributed by atoms with Gasteiger partial charge in [-0.25, -0.2) is 0 Å². The van der Waals surface area contributed by atoms with Crippen molar-refractivity contribution in [2.75, 3.05) is 12.3 Å². The molecule has 0 radical (unpaired) electrons. The summed E-state index contributed by atoms with van der Waals surface area (Å²) in [6.07, 6.45) is 3.47. The SMILES string of the molecule is CC1(C)CC2C[C@](C)(CN2C(=O)c2ccc(N)cc2)C1. The van der Waals surface area contributed by atoms with Gasteiger partial charge in [-0.15, -0.1) is 0 Å². The summed E-state index contributed by atoms with van der Waals surface area (Å²) < 4.78 is 0. The Balaban J connectivity index is 1.85. The number of carbonyl (C=O) groups is 1. The van der Waals surface area contributed by atoms with Crippen LogP contribution in [-0.2, 0) is 0 Å². The molecule has 2 fully saturated rings. The van der Waals surface area contributed by atoms with E-state index in [0.29, 0.717) is 17.1 Å². The Kier molecular flexibility index (Phi) is 2.86. The summed E-state index contributed by atoms with van der Waals surface area (Å²) in [6.45, 7) is 7.88. The molecule has 1 heterocycles. The Hall–Kier alpha value is -1.51. The predicted octanol–water partition coefficient (Wildman–Crippen LogP) is 3.31. The number of rotatable bonds is 1. The molecule has 3 heteroatoms. The summed E-state index contributed by atoms with van der Waals surface area (Å²) in [4.78, 5) is 14.8. The molecule has 1 aliphatic carbocycles. The molecule has 3 nitrogen and oxygen atoms in total. The van der Waals surface area contributed by atoms with Crippen molar-refractivity contribution in [2.45, 2.75) is 46.1 Å². The van der Waals surface area contributed by atoms with Gasteiger partial charge in [-0.1, -0.05) is 20.8 Å². The van der Waals surface area contributed by atoms with Crippen LogP contribution in [0.25, 0.3) is 0 Å². The number of anilines is 1. The molecular formula is C17H24N2O. The Bertz CT molecular complexity index is 534. The van der Waals surface area contributed by atoms with Crippen molar-refractivity contribution in [1.29, 1.82) is 0 Å². The first-order valence-electron chi connectivity index (χ1n) is 7.45. The summed E-state index contributed by atoms with van der Waals surface area (Å²) in [5.74, 6) is 0.163. The summed E-state index contributed by atoms with van der Waals surface area (Å²) in [7, 11) is 0. The number of hydrogen-bond donors (Lipinski definition) is 1. The highest BCUT2D eigenvalue weighted by molar-refractivity contribution is 5.95. The first kappa shape index (κ1) is 13.5. The van der Waals surface area contributed by atoms with Gasteiger partial charge in [0.1, 0.15) is 0 Å². The van der Waals surface area contributed by atoms with Gasteiger partial charge >= 0.3 is 0 Å². The Morgan fingerprint density at radius 3 is 2.50 bits per heavy atom. The fourth-order valence-electron chi connectivity index (χ4n) is 4.49. The van der Waals surface area contributed by atoms with E-state index in [2.05, 4.69) is 25.7 Å². The first-order chi connectivity index (χ1) is 9.28. The average molecular weight is 272 g/mol. The number of benzene rings is 1. The Morgan fingerprint density at radius 1 is 1.20 bits per heavy atom. The third kappa shape index (κ3) is 2.30. The van der Waals surface area contributed by atoms with E-state index in [1.165, 1.54) is 6.42 Å². The molecule has 2 N–H and O–H groups in total. The number of nitrogens with two attached hydrogens (primary N) is 1. The zero-order valence-electron chi connectivity index (χ0n) is 12.6. The highest BCUT2D eigenvalue weighted by atomic mass is 16.2. The monoisotopic (exact) mass is 272 g/mol. The zero-order valence-corrected chi connectivity index (χ0v) is 12.6. The number of carbonyl (C=O) groups excluding carboxylic acids is 1. The van der Waals surface area contributed by atoms with Crippen molar-refractivity contribution < 1.29 is 4.79 Å². The molecular weight excluding hydrogens is 248 g/mol. The van der Waals surface area contributed by atoms with E-state index in [-0.39, 0.29) is 11.3 Å². The second kappa shape index (κ2) is 4.24. The lowest BCUT2D eigenvalue weighted by molar-refractivity contribution is 0.0708. The third-order valence-electron chi connectivity index (χ3n) is 4.83. The van der Waals surface area contributed by atoms with Gasteiger partial charge < -0.3 is 10.6 Å². The van der Waals surface area contributed by atoms with Crippen LogP contribution in [0, 0.1) is 10.8 Å². The van der Waals surface area contributed by atoms with Crippen LogP contribution in [0.15, 0.2) is 24.3 Å². The van der Waals surface area contributed by atoms with Crippen molar-refractivity contribution in [3.8, 4) is 0 Å². The summed E-state index contributed by atoms with van der Waals surface area (Å²) in [5, 5.41) is 0. The average Bonchev–Trinajstić information content (AvgIpc) is 2.58. The van der Waals surface area contributed by atoms with Crippen LogP contribution in [0.3, 0.4) is 0 Å². The number of nitrogens with zero attached hydrogens (tertiary/aromatic N) is 1. The van der Waals surface area contributed by atoms with E-state index in [0.717, 1.165) is 24.9 Å². The largest absolute Gasteiger partial charge is 0.399 e. The van der Waals surface area contributed by atoms with Gasteiger partial charge in [0.05, 0.1) is 0 Å². The number of hydrogen-bond acceptors (Lipinski definition) is 2. The van der Waals surface area contributed by atoms with Crippen LogP contribution in [0.1, 0.15) is 50.4 Å². The van der Waals surface area contributed by atoms with Crippen LogP contribution >= 0.6 is 0 Å². The van der Waals surface area contributed by atoms with Crippen molar-refractivity contribution in [1.82, 2.24) is 4.90 Å². The number of fused-ring (bicyclic) bond motifs is 2. The second-order valence-corrected chi connectivity index (χ2v) is 7.77. The van der Waals surface area contributed by atoms with Crippen LogP contribution < -0.4 is 5.73 Å². The maximum atomic E-state index is 12.7. The molecule has 2 aliphatic rings. The fourth-order valence-corrected chi connectivity index (χ4v) is 4.49. The van der Waals surface area contributed by atoms with Crippen molar-refractivity contribution in [2.24, 2.45) is 10.8 Å². The maximum absolute atomic E-state index is 12.7.